The highest BCUT2D eigenvalue weighted by Gasteiger charge is 2.33. The summed E-state index contributed by atoms with van der Waals surface area (Å²) in [4.78, 5) is 25.4. The Labute approximate surface area is 189 Å². The van der Waals surface area contributed by atoms with Crippen molar-refractivity contribution in [3.63, 3.8) is 0 Å². The largest absolute Gasteiger partial charge is 0.328 e. The van der Waals surface area contributed by atoms with Gasteiger partial charge in [-0.3, -0.25) is 14.5 Å². The van der Waals surface area contributed by atoms with Gasteiger partial charge in [0, 0.05) is 43.9 Å². The normalized spacial score (nSPS) is 14.9. The molecule has 0 aromatic heterocycles. The van der Waals surface area contributed by atoms with E-state index in [2.05, 4.69) is 0 Å². The number of ether oxygens (including phenoxy) is 3. The topological polar surface area (TPSA) is 65.1 Å². The molecule has 1 heterocycles. The summed E-state index contributed by atoms with van der Waals surface area (Å²) in [6.45, 7) is 11.7. The maximum absolute atomic E-state index is 12.0. The summed E-state index contributed by atoms with van der Waals surface area (Å²) < 4.78 is 17.3. The highest BCUT2D eigenvalue weighted by molar-refractivity contribution is 6.18. The number of hydrogen-bond acceptors (Lipinski definition) is 5. The first-order valence-electron chi connectivity index (χ1n) is 12.4. The van der Waals surface area contributed by atoms with Crippen LogP contribution in [-0.4, -0.2) is 49.1 Å². The molecule has 0 N–H and O–H groups in total. The van der Waals surface area contributed by atoms with Crippen molar-refractivity contribution in [3.8, 4) is 0 Å². The van der Waals surface area contributed by atoms with Crippen molar-refractivity contribution in [3.05, 3.63) is 11.1 Å². The third-order valence-electron chi connectivity index (χ3n) is 5.90. The van der Waals surface area contributed by atoms with Crippen LogP contribution < -0.4 is 0 Å². The molecule has 0 bridgehead atoms. The average molecular weight is 440 g/mol. The molecule has 0 saturated heterocycles. The van der Waals surface area contributed by atoms with E-state index in [1.165, 1.54) is 49.8 Å². The Morgan fingerprint density at radius 1 is 0.613 bits per heavy atom. The Balaban J connectivity index is 2.02. The fourth-order valence-electron chi connectivity index (χ4n) is 4.05. The van der Waals surface area contributed by atoms with Crippen molar-refractivity contribution in [2.75, 3.05) is 26.4 Å². The van der Waals surface area contributed by atoms with Crippen molar-refractivity contribution in [1.82, 2.24) is 4.90 Å². The number of rotatable bonds is 19. The second-order valence-corrected chi connectivity index (χ2v) is 8.28. The van der Waals surface area contributed by atoms with Crippen LogP contribution in [0.3, 0.4) is 0 Å². The molecule has 0 spiro atoms. The molecule has 0 aromatic rings. The van der Waals surface area contributed by atoms with Gasteiger partial charge in [0.05, 0.1) is 0 Å². The number of amides is 2. The van der Waals surface area contributed by atoms with Gasteiger partial charge >= 0.3 is 0 Å². The molecule has 180 valence electrons. The van der Waals surface area contributed by atoms with Crippen LogP contribution in [0.25, 0.3) is 0 Å². The standard InChI is InChI=1S/C25H45NO5/c1-6-29-25(30-7-2,31-8-3)19-17-15-13-11-9-10-12-14-16-18-20-26-23(27)21(4)22(5)24(26)28/h6-20H2,1-5H3. The van der Waals surface area contributed by atoms with E-state index < -0.39 is 5.97 Å². The molecule has 1 rings (SSSR count). The van der Waals surface area contributed by atoms with Crippen LogP contribution in [-0.2, 0) is 23.8 Å². The molecule has 0 aliphatic carbocycles. The number of unbranched alkanes of at least 4 members (excludes halogenated alkanes) is 9. The van der Waals surface area contributed by atoms with E-state index in [0.29, 0.717) is 37.5 Å². The van der Waals surface area contributed by atoms with Crippen molar-refractivity contribution in [2.24, 2.45) is 0 Å². The Morgan fingerprint density at radius 2 is 0.968 bits per heavy atom. The van der Waals surface area contributed by atoms with E-state index in [4.69, 9.17) is 14.2 Å². The molecule has 1 aliphatic heterocycles. The lowest BCUT2D eigenvalue weighted by molar-refractivity contribution is -0.380. The Morgan fingerprint density at radius 3 is 1.35 bits per heavy atom. The van der Waals surface area contributed by atoms with E-state index in [0.717, 1.165) is 25.7 Å². The van der Waals surface area contributed by atoms with Crippen molar-refractivity contribution >= 4 is 11.8 Å². The second kappa shape index (κ2) is 15.5. The fourth-order valence-corrected chi connectivity index (χ4v) is 4.05. The van der Waals surface area contributed by atoms with E-state index in [1.807, 2.05) is 20.8 Å². The average Bonchev–Trinajstić information content (AvgIpc) is 2.92. The number of carbonyl (C=O) groups excluding carboxylic acids is 2. The van der Waals surface area contributed by atoms with Crippen molar-refractivity contribution in [2.45, 2.75) is 111 Å². The third kappa shape index (κ3) is 9.42. The first kappa shape index (κ1) is 27.8. The zero-order chi connectivity index (χ0) is 23.1. The van der Waals surface area contributed by atoms with Gasteiger partial charge in [0.1, 0.15) is 0 Å². The minimum atomic E-state index is -0.865. The molecule has 0 aromatic carbocycles. The van der Waals surface area contributed by atoms with Crippen LogP contribution in [0, 0.1) is 0 Å². The molecular formula is C25H45NO5. The van der Waals surface area contributed by atoms with Gasteiger partial charge in [-0.05, 0) is 47.5 Å². The van der Waals surface area contributed by atoms with Crippen LogP contribution >= 0.6 is 0 Å². The van der Waals surface area contributed by atoms with Gasteiger partial charge in [-0.1, -0.05) is 51.4 Å². The molecule has 0 atom stereocenters. The summed E-state index contributed by atoms with van der Waals surface area (Å²) in [5.41, 5.74) is 1.20. The first-order chi connectivity index (χ1) is 14.9. The van der Waals surface area contributed by atoms with Gasteiger partial charge in [0.25, 0.3) is 17.8 Å². The SMILES string of the molecule is CCOC(CCCCCCCCCCCCN1C(=O)C(C)=C(C)C1=O)(OCC)OCC. The van der Waals surface area contributed by atoms with Crippen LogP contribution in [0.15, 0.2) is 11.1 Å². The van der Waals surface area contributed by atoms with Crippen molar-refractivity contribution in [1.29, 1.82) is 0 Å². The lowest BCUT2D eigenvalue weighted by Gasteiger charge is -2.32. The Kier molecular flexibility index (Phi) is 13.9. The van der Waals surface area contributed by atoms with Gasteiger partial charge < -0.3 is 14.2 Å². The summed E-state index contributed by atoms with van der Waals surface area (Å²) in [5.74, 6) is -1.08. The molecule has 0 unspecified atom stereocenters. The molecule has 0 saturated carbocycles. The van der Waals surface area contributed by atoms with Gasteiger partial charge in [0.15, 0.2) is 0 Å². The molecule has 6 heteroatoms. The van der Waals surface area contributed by atoms with E-state index in [9.17, 15) is 9.59 Å². The van der Waals surface area contributed by atoms with Crippen LogP contribution in [0.1, 0.15) is 105 Å². The number of imide groups is 1. The zero-order valence-electron chi connectivity index (χ0n) is 20.6. The molecule has 1 aliphatic rings. The van der Waals surface area contributed by atoms with E-state index in [-0.39, 0.29) is 11.8 Å². The second-order valence-electron chi connectivity index (χ2n) is 8.28. The Hall–Kier alpha value is -1.24. The van der Waals surface area contributed by atoms with Crippen molar-refractivity contribution < 1.29 is 23.8 Å². The van der Waals surface area contributed by atoms with Gasteiger partial charge in [-0.15, -0.1) is 0 Å². The van der Waals surface area contributed by atoms with E-state index in [1.54, 1.807) is 13.8 Å². The highest BCUT2D eigenvalue weighted by Crippen LogP contribution is 2.24. The smallest absolute Gasteiger partial charge is 0.282 e. The minimum absolute atomic E-state index is 0.108. The molecule has 2 amide bonds. The van der Waals surface area contributed by atoms with Crippen LogP contribution in [0.5, 0.6) is 0 Å². The monoisotopic (exact) mass is 439 g/mol. The molecule has 6 nitrogen and oxygen atoms in total. The quantitative estimate of drug-likeness (QED) is 0.146. The van der Waals surface area contributed by atoms with Gasteiger partial charge in [-0.2, -0.15) is 0 Å². The lowest BCUT2D eigenvalue weighted by atomic mass is 10.1. The number of nitrogens with zero attached hydrogens (tertiary/aromatic N) is 1. The summed E-state index contributed by atoms with van der Waals surface area (Å²) in [7, 11) is 0. The number of carbonyl (C=O) groups is 2. The first-order valence-corrected chi connectivity index (χ1v) is 12.4. The summed E-state index contributed by atoms with van der Waals surface area (Å²) in [6.07, 6.45) is 12.4. The zero-order valence-corrected chi connectivity index (χ0v) is 20.6. The predicted molar refractivity (Wildman–Crippen MR) is 123 cm³/mol. The lowest BCUT2D eigenvalue weighted by Crippen LogP contribution is -2.39. The molecular weight excluding hydrogens is 394 g/mol. The maximum atomic E-state index is 12.0. The summed E-state index contributed by atoms with van der Waals surface area (Å²) in [6, 6.07) is 0. The van der Waals surface area contributed by atoms with Crippen LogP contribution in [0.4, 0.5) is 0 Å². The van der Waals surface area contributed by atoms with E-state index >= 15 is 0 Å². The summed E-state index contributed by atoms with van der Waals surface area (Å²) >= 11 is 0. The van der Waals surface area contributed by atoms with Gasteiger partial charge in [-0.25, -0.2) is 0 Å². The fraction of sp³-hybridized carbons (Fsp3) is 0.840. The maximum Gasteiger partial charge on any atom is 0.282 e. The molecule has 0 fully saturated rings. The minimum Gasteiger partial charge on any atom is -0.328 e. The third-order valence-corrected chi connectivity index (χ3v) is 5.90. The molecule has 31 heavy (non-hydrogen) atoms. The van der Waals surface area contributed by atoms with Gasteiger partial charge in [0.2, 0.25) is 0 Å². The van der Waals surface area contributed by atoms with Crippen LogP contribution in [0.2, 0.25) is 0 Å². The summed E-state index contributed by atoms with van der Waals surface area (Å²) in [5, 5.41) is 0. The number of hydrogen-bond donors (Lipinski definition) is 0. The molecule has 0 radical (unpaired) electrons. The predicted octanol–water partition coefficient (Wildman–Crippen LogP) is 5.75. The Bertz CT molecular complexity index is 531. The highest BCUT2D eigenvalue weighted by atomic mass is 16.9.